The molecule has 4 nitrogen and oxygen atoms in total. The largest absolute Gasteiger partial charge is 0.455 e. The van der Waals surface area contributed by atoms with Crippen LogP contribution in [0.2, 0.25) is 0 Å². The van der Waals surface area contributed by atoms with Crippen molar-refractivity contribution in [2.45, 2.75) is 0 Å². The number of pyridine rings is 1. The Labute approximate surface area is 364 Å². The molecular formula is C59H37N3O. The second-order valence-electron chi connectivity index (χ2n) is 15.9. The minimum atomic E-state index is 0.680. The lowest BCUT2D eigenvalue weighted by atomic mass is 9.91. The normalized spacial score (nSPS) is 11.5. The monoisotopic (exact) mass is 803 g/mol. The van der Waals surface area contributed by atoms with Gasteiger partial charge in [-0.25, -0.2) is 15.0 Å². The fourth-order valence-corrected chi connectivity index (χ4v) is 9.04. The zero-order valence-electron chi connectivity index (χ0n) is 34.1. The summed E-state index contributed by atoms with van der Waals surface area (Å²) >= 11 is 0. The van der Waals surface area contributed by atoms with E-state index in [1.807, 2.05) is 30.3 Å². The Balaban J connectivity index is 0.938. The standard InChI is InChI=1S/C59H37N3O/c1-3-15-40(16-4-1)57-51-28-13-25-46(56(51)50-24-7-9-29-52(50)60-57)44-21-11-19-42(35-44)43-20-12-22-45(36-43)54-37-53(61-59(62-54)41-17-5-2-6-18-41)39-33-31-38(32-34-39)47-26-14-27-49-48-23-8-10-30-55(48)63-58(47)49/h1-37H. The maximum absolute atomic E-state index is 6.38. The summed E-state index contributed by atoms with van der Waals surface area (Å²) in [5, 5.41) is 5.72. The Morgan fingerprint density at radius 3 is 1.62 bits per heavy atom. The quantitative estimate of drug-likeness (QED) is 0.151. The van der Waals surface area contributed by atoms with Gasteiger partial charge in [0.2, 0.25) is 0 Å². The van der Waals surface area contributed by atoms with Gasteiger partial charge in [-0.3, -0.25) is 0 Å². The van der Waals surface area contributed by atoms with Gasteiger partial charge in [0, 0.05) is 54.7 Å². The van der Waals surface area contributed by atoms with E-state index in [9.17, 15) is 0 Å². The molecule has 0 saturated carbocycles. The van der Waals surface area contributed by atoms with Crippen LogP contribution in [0.1, 0.15) is 0 Å². The van der Waals surface area contributed by atoms with Crippen LogP contribution in [-0.4, -0.2) is 15.0 Å². The Morgan fingerprint density at radius 1 is 0.302 bits per heavy atom. The SMILES string of the molecule is c1ccc(-c2nc(-c3ccc(-c4cccc5c4oc4ccccc45)cc3)cc(-c3cccc(-c4cccc(-c5cccc6c(-c7ccccc7)nc7ccccc7c56)c4)c3)n2)cc1. The molecule has 4 heteroatoms. The fourth-order valence-electron chi connectivity index (χ4n) is 9.04. The van der Waals surface area contributed by atoms with Crippen molar-refractivity contribution >= 4 is 43.6 Å². The molecule has 0 saturated heterocycles. The molecule has 0 unspecified atom stereocenters. The number of rotatable bonds is 7. The summed E-state index contributed by atoms with van der Waals surface area (Å²) in [4.78, 5) is 15.5. The van der Waals surface area contributed by atoms with E-state index in [4.69, 9.17) is 19.4 Å². The first kappa shape index (κ1) is 36.4. The summed E-state index contributed by atoms with van der Waals surface area (Å²) < 4.78 is 6.38. The van der Waals surface area contributed by atoms with Crippen molar-refractivity contribution in [2.75, 3.05) is 0 Å². The van der Waals surface area contributed by atoms with E-state index in [1.165, 1.54) is 10.9 Å². The Kier molecular flexibility index (Phi) is 8.79. The average Bonchev–Trinajstić information content (AvgIpc) is 3.76. The zero-order valence-corrected chi connectivity index (χ0v) is 34.1. The first-order valence-electron chi connectivity index (χ1n) is 21.3. The smallest absolute Gasteiger partial charge is 0.160 e. The molecular weight excluding hydrogens is 767 g/mol. The molecule has 3 heterocycles. The van der Waals surface area contributed by atoms with E-state index >= 15 is 0 Å². The molecule has 0 aliphatic heterocycles. The molecule has 63 heavy (non-hydrogen) atoms. The molecule has 0 spiro atoms. The molecule has 3 aromatic heterocycles. The predicted octanol–water partition coefficient (Wildman–Crippen LogP) is 15.7. The summed E-state index contributed by atoms with van der Waals surface area (Å²) in [6.45, 7) is 0. The average molecular weight is 804 g/mol. The van der Waals surface area contributed by atoms with E-state index in [-0.39, 0.29) is 0 Å². The maximum atomic E-state index is 6.38. The summed E-state index contributed by atoms with van der Waals surface area (Å²) in [6, 6.07) is 78.6. The van der Waals surface area contributed by atoms with Crippen LogP contribution >= 0.6 is 0 Å². The van der Waals surface area contributed by atoms with Crippen molar-refractivity contribution in [3.63, 3.8) is 0 Å². The highest BCUT2D eigenvalue weighted by atomic mass is 16.3. The van der Waals surface area contributed by atoms with Crippen LogP contribution in [0, 0.1) is 0 Å². The number of furan rings is 1. The van der Waals surface area contributed by atoms with Gasteiger partial charge in [0.05, 0.1) is 22.6 Å². The van der Waals surface area contributed by atoms with Crippen molar-refractivity contribution in [3.8, 4) is 78.5 Å². The molecule has 0 radical (unpaired) electrons. The van der Waals surface area contributed by atoms with Crippen LogP contribution in [0.3, 0.4) is 0 Å². The highest BCUT2D eigenvalue weighted by Crippen LogP contribution is 2.41. The summed E-state index contributed by atoms with van der Waals surface area (Å²) in [7, 11) is 0. The highest BCUT2D eigenvalue weighted by Gasteiger charge is 2.17. The Hall–Kier alpha value is -8.47. The second-order valence-corrected chi connectivity index (χ2v) is 15.9. The Bertz CT molecular complexity index is 3670. The molecule has 0 atom stereocenters. The van der Waals surface area contributed by atoms with Crippen molar-refractivity contribution in [3.05, 3.63) is 224 Å². The number of hydrogen-bond donors (Lipinski definition) is 0. The van der Waals surface area contributed by atoms with Crippen molar-refractivity contribution in [2.24, 2.45) is 0 Å². The Morgan fingerprint density at radius 2 is 0.841 bits per heavy atom. The fraction of sp³-hybridized carbons (Fsp3) is 0. The first-order chi connectivity index (χ1) is 31.2. The second kappa shape index (κ2) is 15.2. The van der Waals surface area contributed by atoms with Gasteiger partial charge in [0.25, 0.3) is 0 Å². The van der Waals surface area contributed by atoms with Crippen molar-refractivity contribution in [1.82, 2.24) is 15.0 Å². The minimum absolute atomic E-state index is 0.680. The summed E-state index contributed by atoms with van der Waals surface area (Å²) in [5.41, 5.74) is 16.3. The molecule has 0 bridgehead atoms. The molecule has 0 amide bonds. The van der Waals surface area contributed by atoms with Crippen molar-refractivity contribution < 1.29 is 4.42 Å². The van der Waals surface area contributed by atoms with Crippen LogP contribution < -0.4 is 0 Å². The van der Waals surface area contributed by atoms with Gasteiger partial charge in [0.15, 0.2) is 5.82 Å². The number of aromatic nitrogens is 3. The number of fused-ring (bicyclic) bond motifs is 6. The van der Waals surface area contributed by atoms with Crippen LogP contribution in [-0.2, 0) is 0 Å². The third-order valence-electron chi connectivity index (χ3n) is 12.1. The van der Waals surface area contributed by atoms with Crippen LogP contribution in [0.25, 0.3) is 122 Å². The number of benzene rings is 9. The van der Waals surface area contributed by atoms with Crippen molar-refractivity contribution in [1.29, 1.82) is 0 Å². The number of hydrogen-bond acceptors (Lipinski definition) is 4. The lowest BCUT2D eigenvalue weighted by molar-refractivity contribution is 0.670. The molecule has 0 fully saturated rings. The number of para-hydroxylation sites is 3. The topological polar surface area (TPSA) is 51.8 Å². The van der Waals surface area contributed by atoms with E-state index in [1.54, 1.807) is 0 Å². The molecule has 0 N–H and O–H groups in total. The number of nitrogens with zero attached hydrogens (tertiary/aromatic N) is 3. The molecule has 0 aliphatic carbocycles. The molecule has 12 aromatic rings. The van der Waals surface area contributed by atoms with Gasteiger partial charge in [-0.1, -0.05) is 194 Å². The third kappa shape index (κ3) is 6.53. The van der Waals surface area contributed by atoms with E-state index < -0.39 is 0 Å². The predicted molar refractivity (Wildman–Crippen MR) is 260 cm³/mol. The van der Waals surface area contributed by atoms with Gasteiger partial charge in [-0.15, -0.1) is 0 Å². The third-order valence-corrected chi connectivity index (χ3v) is 12.1. The minimum Gasteiger partial charge on any atom is -0.455 e. The lowest BCUT2D eigenvalue weighted by Crippen LogP contribution is -1.96. The molecule has 0 aliphatic rings. The van der Waals surface area contributed by atoms with E-state index in [0.29, 0.717) is 5.82 Å². The van der Waals surface area contributed by atoms with Gasteiger partial charge in [0.1, 0.15) is 11.2 Å². The maximum Gasteiger partial charge on any atom is 0.160 e. The molecule has 294 valence electrons. The molecule has 12 rings (SSSR count). The van der Waals surface area contributed by atoms with Gasteiger partial charge in [-0.2, -0.15) is 0 Å². The molecule has 9 aromatic carbocycles. The van der Waals surface area contributed by atoms with E-state index in [2.05, 4.69) is 194 Å². The van der Waals surface area contributed by atoms with Crippen LogP contribution in [0.5, 0.6) is 0 Å². The van der Waals surface area contributed by atoms with Gasteiger partial charge in [-0.05, 0) is 58.1 Å². The van der Waals surface area contributed by atoms with Crippen LogP contribution in [0.4, 0.5) is 0 Å². The summed E-state index contributed by atoms with van der Waals surface area (Å²) in [6.07, 6.45) is 0. The zero-order chi connectivity index (χ0) is 41.7. The first-order valence-corrected chi connectivity index (χ1v) is 21.3. The van der Waals surface area contributed by atoms with Gasteiger partial charge < -0.3 is 4.42 Å². The van der Waals surface area contributed by atoms with E-state index in [0.717, 1.165) is 105 Å². The highest BCUT2D eigenvalue weighted by molar-refractivity contribution is 6.17. The van der Waals surface area contributed by atoms with Crippen LogP contribution in [0.15, 0.2) is 229 Å². The summed E-state index contributed by atoms with van der Waals surface area (Å²) in [5.74, 6) is 0.680. The lowest BCUT2D eigenvalue weighted by Gasteiger charge is -2.15. The van der Waals surface area contributed by atoms with Gasteiger partial charge >= 0.3 is 0 Å².